The molecule has 2 aliphatic heterocycles. The first-order chi connectivity index (χ1) is 12.0. The first-order valence-electron chi connectivity index (χ1n) is 8.41. The van der Waals surface area contributed by atoms with Crippen molar-refractivity contribution in [3.8, 4) is 0 Å². The topological polar surface area (TPSA) is 79.5 Å². The summed E-state index contributed by atoms with van der Waals surface area (Å²) in [6, 6.07) is 13.3. The number of amides is 2. The van der Waals surface area contributed by atoms with Gasteiger partial charge < -0.3 is 15.5 Å². The molecule has 2 aliphatic rings. The largest absolute Gasteiger partial charge is 0.384 e. The van der Waals surface area contributed by atoms with Crippen LogP contribution in [0.15, 0.2) is 42.5 Å². The van der Waals surface area contributed by atoms with Crippen molar-refractivity contribution in [2.24, 2.45) is 0 Å². The zero-order chi connectivity index (χ0) is 17.6. The number of nitrogen functional groups attached to an aromatic ring is 1. The van der Waals surface area contributed by atoms with E-state index in [2.05, 4.69) is 17.1 Å². The number of carbonyl (C=O) groups is 2. The highest BCUT2D eigenvalue weighted by molar-refractivity contribution is 5.93. The maximum Gasteiger partial charge on any atom is 0.272 e. The maximum atomic E-state index is 12.8. The van der Waals surface area contributed by atoms with E-state index < -0.39 is 0 Å². The second-order valence-corrected chi connectivity index (χ2v) is 6.68. The predicted octanol–water partition coefficient (Wildman–Crippen LogP) is 1.63. The average Bonchev–Trinajstić information content (AvgIpc) is 3.05. The molecule has 3 heterocycles. The molecule has 0 aliphatic carbocycles. The minimum Gasteiger partial charge on any atom is -0.384 e. The molecule has 2 aromatic rings. The van der Waals surface area contributed by atoms with E-state index in [1.54, 1.807) is 30.0 Å². The van der Waals surface area contributed by atoms with Gasteiger partial charge in [-0.15, -0.1) is 0 Å². The molecular formula is C19H20N4O2. The fraction of sp³-hybridized carbons (Fsp3) is 0.316. The summed E-state index contributed by atoms with van der Waals surface area (Å²) in [4.78, 5) is 32.8. The molecule has 0 bridgehead atoms. The van der Waals surface area contributed by atoms with E-state index in [-0.39, 0.29) is 23.8 Å². The quantitative estimate of drug-likeness (QED) is 0.858. The standard InChI is InChI=1S/C19H20N4O2/c1-12(24)23-9-13-5-2-3-6-14(13)15-10-22(11-17(15)23)19(25)16-7-4-8-18(20)21-16/h2-8,15,17H,9-11H2,1H3,(H2,20,21)/t15-,17-/m0/s1. The minimum absolute atomic E-state index is 0.0115. The van der Waals surface area contributed by atoms with E-state index >= 15 is 0 Å². The molecule has 0 unspecified atom stereocenters. The number of fused-ring (bicyclic) bond motifs is 3. The first kappa shape index (κ1) is 15.6. The van der Waals surface area contributed by atoms with Gasteiger partial charge in [0.25, 0.3) is 5.91 Å². The highest BCUT2D eigenvalue weighted by Gasteiger charge is 2.44. The zero-order valence-electron chi connectivity index (χ0n) is 14.1. The van der Waals surface area contributed by atoms with Gasteiger partial charge in [-0.05, 0) is 23.3 Å². The highest BCUT2D eigenvalue weighted by atomic mass is 16.2. The Hall–Kier alpha value is -2.89. The van der Waals surface area contributed by atoms with Gasteiger partial charge in [-0.3, -0.25) is 9.59 Å². The van der Waals surface area contributed by atoms with Crippen molar-refractivity contribution in [3.63, 3.8) is 0 Å². The van der Waals surface area contributed by atoms with Gasteiger partial charge in [0.1, 0.15) is 11.5 Å². The summed E-state index contributed by atoms with van der Waals surface area (Å²) in [5.41, 5.74) is 8.45. The third-order valence-corrected chi connectivity index (χ3v) is 5.17. The van der Waals surface area contributed by atoms with Crippen LogP contribution in [0.3, 0.4) is 0 Å². The normalized spacial score (nSPS) is 21.6. The molecule has 128 valence electrons. The molecule has 1 fully saturated rings. The van der Waals surface area contributed by atoms with Crippen LogP contribution >= 0.6 is 0 Å². The molecule has 6 heteroatoms. The Bertz CT molecular complexity index is 851. The van der Waals surface area contributed by atoms with Crippen LogP contribution < -0.4 is 5.73 Å². The van der Waals surface area contributed by atoms with E-state index in [0.29, 0.717) is 31.1 Å². The van der Waals surface area contributed by atoms with Crippen molar-refractivity contribution in [2.45, 2.75) is 25.4 Å². The van der Waals surface area contributed by atoms with Crippen LogP contribution in [0.25, 0.3) is 0 Å². The average molecular weight is 336 g/mol. The van der Waals surface area contributed by atoms with Crippen molar-refractivity contribution in [1.82, 2.24) is 14.8 Å². The Labute approximate surface area is 146 Å². The molecule has 0 spiro atoms. The number of carbonyl (C=O) groups excluding carboxylic acids is 2. The summed E-state index contributed by atoms with van der Waals surface area (Å²) >= 11 is 0. The third kappa shape index (κ3) is 2.63. The number of hydrogen-bond acceptors (Lipinski definition) is 4. The number of pyridine rings is 1. The first-order valence-corrected chi connectivity index (χ1v) is 8.41. The van der Waals surface area contributed by atoms with Gasteiger partial charge in [0.2, 0.25) is 5.91 Å². The lowest BCUT2D eigenvalue weighted by Gasteiger charge is -2.37. The number of nitrogens with zero attached hydrogens (tertiary/aromatic N) is 3. The van der Waals surface area contributed by atoms with Gasteiger partial charge in [0.15, 0.2) is 0 Å². The minimum atomic E-state index is -0.136. The molecule has 0 saturated carbocycles. The molecule has 2 amide bonds. The predicted molar refractivity (Wildman–Crippen MR) is 93.7 cm³/mol. The van der Waals surface area contributed by atoms with Gasteiger partial charge in [-0.2, -0.15) is 0 Å². The van der Waals surface area contributed by atoms with E-state index in [9.17, 15) is 9.59 Å². The lowest BCUT2D eigenvalue weighted by molar-refractivity contribution is -0.132. The summed E-state index contributed by atoms with van der Waals surface area (Å²) in [5.74, 6) is 0.376. The summed E-state index contributed by atoms with van der Waals surface area (Å²) in [6.45, 7) is 3.30. The second-order valence-electron chi connectivity index (χ2n) is 6.68. The summed E-state index contributed by atoms with van der Waals surface area (Å²) in [7, 11) is 0. The number of anilines is 1. The summed E-state index contributed by atoms with van der Waals surface area (Å²) < 4.78 is 0. The van der Waals surface area contributed by atoms with Gasteiger partial charge in [0, 0.05) is 32.5 Å². The number of benzene rings is 1. The molecule has 1 saturated heterocycles. The van der Waals surface area contributed by atoms with E-state index in [1.807, 2.05) is 17.0 Å². The number of nitrogens with two attached hydrogens (primary N) is 1. The van der Waals surface area contributed by atoms with E-state index in [1.165, 1.54) is 5.56 Å². The Balaban J connectivity index is 1.66. The Morgan fingerprint density at radius 2 is 1.92 bits per heavy atom. The van der Waals surface area contributed by atoms with Crippen molar-refractivity contribution in [3.05, 3.63) is 59.3 Å². The molecule has 6 nitrogen and oxygen atoms in total. The lowest BCUT2D eigenvalue weighted by Crippen LogP contribution is -2.46. The monoisotopic (exact) mass is 336 g/mol. The van der Waals surface area contributed by atoms with E-state index in [4.69, 9.17) is 5.73 Å². The molecule has 2 N–H and O–H groups in total. The second kappa shape index (κ2) is 5.88. The smallest absolute Gasteiger partial charge is 0.272 e. The lowest BCUT2D eigenvalue weighted by atomic mass is 9.85. The van der Waals surface area contributed by atoms with Crippen molar-refractivity contribution >= 4 is 17.6 Å². The molecule has 2 atom stereocenters. The van der Waals surface area contributed by atoms with Crippen LogP contribution in [-0.4, -0.2) is 45.7 Å². The van der Waals surface area contributed by atoms with Crippen LogP contribution in [0, 0.1) is 0 Å². The molecular weight excluding hydrogens is 316 g/mol. The molecule has 1 aromatic carbocycles. The molecule has 1 aromatic heterocycles. The Kier molecular flexibility index (Phi) is 3.67. The van der Waals surface area contributed by atoms with Crippen molar-refractivity contribution in [2.75, 3.05) is 18.8 Å². The van der Waals surface area contributed by atoms with Crippen LogP contribution in [0.1, 0.15) is 34.5 Å². The molecule has 4 rings (SSSR count). The maximum absolute atomic E-state index is 12.8. The van der Waals surface area contributed by atoms with Crippen LogP contribution in [0.2, 0.25) is 0 Å². The van der Waals surface area contributed by atoms with Crippen LogP contribution in [-0.2, 0) is 11.3 Å². The number of rotatable bonds is 1. The van der Waals surface area contributed by atoms with Gasteiger partial charge >= 0.3 is 0 Å². The van der Waals surface area contributed by atoms with Crippen LogP contribution in [0.5, 0.6) is 0 Å². The Morgan fingerprint density at radius 1 is 1.12 bits per heavy atom. The van der Waals surface area contributed by atoms with Gasteiger partial charge in [-0.1, -0.05) is 30.3 Å². The van der Waals surface area contributed by atoms with E-state index in [0.717, 1.165) is 5.56 Å². The zero-order valence-corrected chi connectivity index (χ0v) is 14.1. The molecule has 25 heavy (non-hydrogen) atoms. The SMILES string of the molecule is CC(=O)N1Cc2ccccc2[C@@H]2CN(C(=O)c3cccc(N)n3)C[C@@H]21. The highest BCUT2D eigenvalue weighted by Crippen LogP contribution is 2.38. The summed E-state index contributed by atoms with van der Waals surface area (Å²) in [6.07, 6.45) is 0. The fourth-order valence-corrected chi connectivity index (χ4v) is 3.99. The van der Waals surface area contributed by atoms with Crippen molar-refractivity contribution in [1.29, 1.82) is 0 Å². The van der Waals surface area contributed by atoms with Crippen molar-refractivity contribution < 1.29 is 9.59 Å². The van der Waals surface area contributed by atoms with Gasteiger partial charge in [-0.25, -0.2) is 4.98 Å². The third-order valence-electron chi connectivity index (χ3n) is 5.17. The molecule has 0 radical (unpaired) electrons. The number of likely N-dealkylation sites (tertiary alicyclic amines) is 1. The fourth-order valence-electron chi connectivity index (χ4n) is 3.99. The Morgan fingerprint density at radius 3 is 2.68 bits per heavy atom. The summed E-state index contributed by atoms with van der Waals surface area (Å²) in [5, 5.41) is 0. The van der Waals surface area contributed by atoms with Crippen LogP contribution in [0.4, 0.5) is 5.82 Å². The van der Waals surface area contributed by atoms with Gasteiger partial charge in [0.05, 0.1) is 6.04 Å². The number of hydrogen-bond donors (Lipinski definition) is 1. The number of aromatic nitrogens is 1.